The van der Waals surface area contributed by atoms with Crippen LogP contribution in [0.15, 0.2) is 0 Å². The van der Waals surface area contributed by atoms with Crippen LogP contribution in [0.3, 0.4) is 0 Å². The summed E-state index contributed by atoms with van der Waals surface area (Å²) in [6, 6.07) is 4.07. The van der Waals surface area contributed by atoms with Crippen LogP contribution in [0.5, 0.6) is 0 Å². The van der Waals surface area contributed by atoms with Crippen molar-refractivity contribution < 1.29 is 13.3 Å². The second-order valence-electron chi connectivity index (χ2n) is 6.43. The van der Waals surface area contributed by atoms with E-state index >= 15 is 0 Å². The van der Waals surface area contributed by atoms with Gasteiger partial charge < -0.3 is 0 Å². The molecule has 146 valence electrons. The van der Waals surface area contributed by atoms with Gasteiger partial charge in [-0.15, -0.1) is 0 Å². The van der Waals surface area contributed by atoms with E-state index in [9.17, 15) is 0 Å². The molecule has 0 aliphatic heterocycles. The lowest BCUT2D eigenvalue weighted by molar-refractivity contribution is 0.454. The second-order valence-corrected chi connectivity index (χ2v) is 6.89. The Morgan fingerprint density at radius 1 is 0.720 bits per heavy atom. The minimum Gasteiger partial charge on any atom is -0.284 e. The van der Waals surface area contributed by atoms with Crippen LogP contribution in [0.2, 0.25) is 0 Å². The Morgan fingerprint density at radius 3 is 1.28 bits per heavy atom. The van der Waals surface area contributed by atoms with Crippen LogP contribution in [0.25, 0.3) is 0 Å². The van der Waals surface area contributed by atoms with E-state index in [4.69, 9.17) is 23.8 Å². The highest BCUT2D eigenvalue weighted by Crippen LogP contribution is 2.14. The third-order valence-electron chi connectivity index (χ3n) is 4.16. The van der Waals surface area contributed by atoms with Crippen LogP contribution in [0.4, 0.5) is 0 Å². The van der Waals surface area contributed by atoms with E-state index in [0.29, 0.717) is 0 Å². The summed E-state index contributed by atoms with van der Waals surface area (Å²) < 4.78 is 22.8. The fourth-order valence-corrected chi connectivity index (χ4v) is 2.70. The summed E-state index contributed by atoms with van der Waals surface area (Å²) in [6.07, 6.45) is 19.6. The fourth-order valence-electron chi connectivity index (χ4n) is 2.70. The summed E-state index contributed by atoms with van der Waals surface area (Å²) in [5.41, 5.74) is 0. The van der Waals surface area contributed by atoms with E-state index in [1.807, 2.05) is 12.1 Å². The van der Waals surface area contributed by atoms with Crippen LogP contribution >= 0.6 is 0 Å². The molecule has 0 aromatic rings. The van der Waals surface area contributed by atoms with Crippen LogP contribution in [-0.4, -0.2) is 13.3 Å². The molecule has 0 amide bonds. The molecule has 0 fully saturated rings. The lowest BCUT2D eigenvalue weighted by Crippen LogP contribution is -1.92. The first-order valence-corrected chi connectivity index (χ1v) is 10.7. The minimum atomic E-state index is -2.61. The van der Waals surface area contributed by atoms with E-state index in [2.05, 4.69) is 6.92 Å². The molecule has 0 aliphatic carbocycles. The van der Waals surface area contributed by atoms with Gasteiger partial charge in [-0.1, -0.05) is 96.8 Å². The number of hydrogen-bond acceptors (Lipinski definition) is 3. The zero-order valence-electron chi connectivity index (χ0n) is 15.8. The van der Waals surface area contributed by atoms with Crippen molar-refractivity contribution in [3.63, 3.8) is 0 Å². The normalized spacial score (nSPS) is 10.2. The number of unbranched alkanes of at least 4 members (excludes halogenated alkanes) is 13. The molecule has 0 radical (unpaired) electrons. The van der Waals surface area contributed by atoms with Crippen molar-refractivity contribution in [2.45, 2.75) is 103 Å². The number of hydrogen-bond donors (Lipinski definition) is 2. The molecular formula is C19H36N2O3S. The SMILES string of the molecule is CCCCCCCCCCCCCCCCC(C#N)C#N.O=S(O)O. The Balaban J connectivity index is 0. The molecule has 0 rings (SSSR count). The van der Waals surface area contributed by atoms with Crippen molar-refractivity contribution >= 4 is 11.4 Å². The number of nitrogens with zero attached hydrogens (tertiary/aromatic N) is 2. The predicted octanol–water partition coefficient (Wildman–Crippen LogP) is 6.20. The monoisotopic (exact) mass is 372 g/mol. The van der Waals surface area contributed by atoms with Gasteiger partial charge in [0.1, 0.15) is 5.92 Å². The molecule has 0 bridgehead atoms. The Bertz CT molecular complexity index is 360. The van der Waals surface area contributed by atoms with E-state index in [0.717, 1.165) is 12.8 Å². The minimum absolute atomic E-state index is 0.387. The average Bonchev–Trinajstić information content (AvgIpc) is 2.58. The summed E-state index contributed by atoms with van der Waals surface area (Å²) >= 11 is -2.61. The fraction of sp³-hybridized carbons (Fsp3) is 0.895. The van der Waals surface area contributed by atoms with Crippen LogP contribution in [0, 0.1) is 28.6 Å². The first kappa shape index (κ1) is 26.3. The molecule has 0 aliphatic rings. The molecule has 0 aromatic carbocycles. The van der Waals surface area contributed by atoms with Crippen molar-refractivity contribution in [2.24, 2.45) is 5.92 Å². The van der Waals surface area contributed by atoms with Crippen LogP contribution in [0.1, 0.15) is 103 Å². The smallest absolute Gasteiger partial charge is 0.284 e. The van der Waals surface area contributed by atoms with Crippen molar-refractivity contribution in [1.29, 1.82) is 10.5 Å². The zero-order valence-corrected chi connectivity index (χ0v) is 16.6. The van der Waals surface area contributed by atoms with Gasteiger partial charge in [0.25, 0.3) is 11.4 Å². The maximum Gasteiger partial charge on any atom is 0.299 e. The summed E-state index contributed by atoms with van der Waals surface area (Å²) in [5.74, 6) is -0.387. The van der Waals surface area contributed by atoms with Gasteiger partial charge in [0.05, 0.1) is 12.1 Å². The molecule has 0 atom stereocenters. The molecule has 0 saturated heterocycles. The average molecular weight is 373 g/mol. The Morgan fingerprint density at radius 2 is 1.00 bits per heavy atom. The topological polar surface area (TPSA) is 105 Å². The van der Waals surface area contributed by atoms with E-state index < -0.39 is 11.4 Å². The molecule has 25 heavy (non-hydrogen) atoms. The molecule has 0 spiro atoms. The Labute approximate surface area is 156 Å². The number of nitriles is 2. The van der Waals surface area contributed by atoms with Crippen LogP contribution < -0.4 is 0 Å². The highest BCUT2D eigenvalue weighted by atomic mass is 32.2. The zero-order chi connectivity index (χ0) is 19.2. The summed E-state index contributed by atoms with van der Waals surface area (Å²) in [7, 11) is 0. The van der Waals surface area contributed by atoms with E-state index in [1.54, 1.807) is 0 Å². The molecule has 0 unspecified atom stereocenters. The second kappa shape index (κ2) is 23.1. The van der Waals surface area contributed by atoms with Crippen molar-refractivity contribution in [2.75, 3.05) is 0 Å². The van der Waals surface area contributed by atoms with Gasteiger partial charge in [-0.3, -0.25) is 9.11 Å². The Hall–Kier alpha value is -0.950. The van der Waals surface area contributed by atoms with Gasteiger partial charge in [-0.05, 0) is 6.42 Å². The van der Waals surface area contributed by atoms with Crippen molar-refractivity contribution in [3.8, 4) is 12.1 Å². The molecule has 0 aromatic heterocycles. The molecule has 2 N–H and O–H groups in total. The van der Waals surface area contributed by atoms with E-state index in [1.165, 1.54) is 83.5 Å². The third kappa shape index (κ3) is 28.1. The lowest BCUT2D eigenvalue weighted by atomic mass is 10.0. The standard InChI is InChI=1S/C19H34N2.H2O3S/c1-2-3-4-5-6-7-8-9-10-11-12-13-14-15-16-19(17-20)18-21;1-4(2)3/h19H,2-16H2,1H3;(H2,1,2,3). The first-order chi connectivity index (χ1) is 12.1. The van der Waals surface area contributed by atoms with Gasteiger partial charge in [0, 0.05) is 0 Å². The molecule has 0 heterocycles. The van der Waals surface area contributed by atoms with Crippen LogP contribution in [-0.2, 0) is 11.4 Å². The molecule has 0 saturated carbocycles. The molecule has 6 heteroatoms. The highest BCUT2D eigenvalue weighted by Gasteiger charge is 2.03. The third-order valence-corrected chi connectivity index (χ3v) is 4.16. The van der Waals surface area contributed by atoms with E-state index in [-0.39, 0.29) is 5.92 Å². The van der Waals surface area contributed by atoms with Gasteiger partial charge in [0.2, 0.25) is 0 Å². The van der Waals surface area contributed by atoms with Gasteiger partial charge in [-0.2, -0.15) is 14.7 Å². The van der Waals surface area contributed by atoms with Gasteiger partial charge >= 0.3 is 0 Å². The van der Waals surface area contributed by atoms with Gasteiger partial charge in [0.15, 0.2) is 0 Å². The van der Waals surface area contributed by atoms with Crippen molar-refractivity contribution in [3.05, 3.63) is 0 Å². The molecular weight excluding hydrogens is 336 g/mol. The van der Waals surface area contributed by atoms with Crippen molar-refractivity contribution in [1.82, 2.24) is 0 Å². The summed E-state index contributed by atoms with van der Waals surface area (Å²) in [6.45, 7) is 2.27. The van der Waals surface area contributed by atoms with Gasteiger partial charge in [-0.25, -0.2) is 0 Å². The molecule has 5 nitrogen and oxygen atoms in total. The Kier molecular flexibility index (Phi) is 24.2. The quantitative estimate of drug-likeness (QED) is 0.263. The summed E-state index contributed by atoms with van der Waals surface area (Å²) in [4.78, 5) is 0. The highest BCUT2D eigenvalue weighted by molar-refractivity contribution is 7.73. The summed E-state index contributed by atoms with van der Waals surface area (Å²) in [5, 5.41) is 17.3. The first-order valence-electron chi connectivity index (χ1n) is 9.67. The maximum atomic E-state index is 8.67. The maximum absolute atomic E-state index is 8.67. The lowest BCUT2D eigenvalue weighted by Gasteiger charge is -2.03. The number of rotatable bonds is 15. The largest absolute Gasteiger partial charge is 0.299 e. The predicted molar refractivity (Wildman–Crippen MR) is 103 cm³/mol.